The zero-order chi connectivity index (χ0) is 14.0. The summed E-state index contributed by atoms with van der Waals surface area (Å²) in [6.45, 7) is 5.10. The molecule has 3 nitrogen and oxygen atoms in total. The monoisotopic (exact) mass is 282 g/mol. The minimum Gasteiger partial charge on any atom is -0.382 e. The molecule has 1 aliphatic rings. The van der Waals surface area contributed by atoms with Gasteiger partial charge in [-0.15, -0.1) is 0 Å². The van der Waals surface area contributed by atoms with E-state index < -0.39 is 0 Å². The Balaban J connectivity index is 2.05. The van der Waals surface area contributed by atoms with Gasteiger partial charge in [0, 0.05) is 32.4 Å². The average molecular weight is 283 g/mol. The maximum atomic E-state index is 6.29. The molecular weight excluding hydrogens is 260 g/mol. The van der Waals surface area contributed by atoms with Gasteiger partial charge in [-0.25, -0.2) is 0 Å². The topological polar surface area (TPSA) is 24.5 Å². The second kappa shape index (κ2) is 5.59. The molecule has 0 radical (unpaired) electrons. The van der Waals surface area contributed by atoms with Crippen molar-refractivity contribution in [2.24, 2.45) is 0 Å². The van der Waals surface area contributed by atoms with Crippen molar-refractivity contribution >= 4 is 23.0 Å². The van der Waals surface area contributed by atoms with Crippen LogP contribution in [0.25, 0.3) is 0 Å². The van der Waals surface area contributed by atoms with Gasteiger partial charge in [-0.1, -0.05) is 11.6 Å². The predicted octanol–water partition coefficient (Wildman–Crippen LogP) is 3.78. The van der Waals surface area contributed by atoms with Gasteiger partial charge in [-0.2, -0.15) is 0 Å². The lowest BCUT2D eigenvalue weighted by molar-refractivity contribution is -0.0553. The molecule has 1 unspecified atom stereocenters. The normalized spacial score (nSPS) is 22.1. The van der Waals surface area contributed by atoms with Crippen LogP contribution in [0.1, 0.15) is 26.7 Å². The zero-order valence-corrected chi connectivity index (χ0v) is 12.9. The second-order valence-corrected chi connectivity index (χ2v) is 6.41. The number of hydrogen-bond donors (Lipinski definition) is 1. The van der Waals surface area contributed by atoms with Crippen molar-refractivity contribution in [1.29, 1.82) is 0 Å². The quantitative estimate of drug-likeness (QED) is 0.913. The molecule has 1 aromatic carbocycles. The number of benzene rings is 1. The van der Waals surface area contributed by atoms with Gasteiger partial charge in [0.25, 0.3) is 0 Å². The van der Waals surface area contributed by atoms with Crippen LogP contribution >= 0.6 is 11.6 Å². The zero-order valence-electron chi connectivity index (χ0n) is 12.2. The van der Waals surface area contributed by atoms with E-state index in [1.54, 1.807) is 0 Å². The molecule has 19 heavy (non-hydrogen) atoms. The molecule has 1 heterocycles. The third-order valence-electron chi connectivity index (χ3n) is 3.50. The Morgan fingerprint density at radius 2 is 2.11 bits per heavy atom. The number of anilines is 2. The summed E-state index contributed by atoms with van der Waals surface area (Å²) in [5, 5.41) is 4.34. The highest BCUT2D eigenvalue weighted by Crippen LogP contribution is 2.30. The molecule has 1 aromatic rings. The fourth-order valence-electron chi connectivity index (χ4n) is 2.55. The Morgan fingerprint density at radius 3 is 2.68 bits per heavy atom. The van der Waals surface area contributed by atoms with E-state index in [-0.39, 0.29) is 5.60 Å². The van der Waals surface area contributed by atoms with Crippen LogP contribution in [-0.4, -0.2) is 32.3 Å². The summed E-state index contributed by atoms with van der Waals surface area (Å²) in [4.78, 5) is 2.02. The molecule has 1 aliphatic heterocycles. The van der Waals surface area contributed by atoms with E-state index in [1.165, 1.54) is 0 Å². The van der Waals surface area contributed by atoms with Crippen molar-refractivity contribution in [1.82, 2.24) is 0 Å². The molecule has 1 saturated heterocycles. The number of halogens is 1. The van der Waals surface area contributed by atoms with Crippen LogP contribution in [0, 0.1) is 0 Å². The van der Waals surface area contributed by atoms with Crippen molar-refractivity contribution in [3.63, 3.8) is 0 Å². The van der Waals surface area contributed by atoms with Gasteiger partial charge in [0.2, 0.25) is 0 Å². The molecule has 4 heteroatoms. The number of nitrogens with one attached hydrogen (secondary N) is 1. The van der Waals surface area contributed by atoms with Crippen LogP contribution in [-0.2, 0) is 4.74 Å². The molecule has 0 amide bonds. The Labute approximate surface area is 120 Å². The Morgan fingerprint density at radius 1 is 1.37 bits per heavy atom. The molecule has 1 fully saturated rings. The largest absolute Gasteiger partial charge is 0.382 e. The van der Waals surface area contributed by atoms with Gasteiger partial charge in [-0.3, -0.25) is 0 Å². The van der Waals surface area contributed by atoms with Crippen LogP contribution in [0.2, 0.25) is 5.02 Å². The van der Waals surface area contributed by atoms with Crippen LogP contribution in [0.4, 0.5) is 11.4 Å². The molecule has 0 spiro atoms. The van der Waals surface area contributed by atoms with Crippen LogP contribution in [0.5, 0.6) is 0 Å². The summed E-state index contributed by atoms with van der Waals surface area (Å²) in [5.74, 6) is 0. The van der Waals surface area contributed by atoms with Crippen LogP contribution < -0.4 is 10.2 Å². The smallest absolute Gasteiger partial charge is 0.0659 e. The molecular formula is C15H23ClN2O. The third kappa shape index (κ3) is 3.77. The predicted molar refractivity (Wildman–Crippen MR) is 82.5 cm³/mol. The van der Waals surface area contributed by atoms with E-state index in [2.05, 4.69) is 31.3 Å². The van der Waals surface area contributed by atoms with E-state index >= 15 is 0 Å². The van der Waals surface area contributed by atoms with E-state index in [0.29, 0.717) is 6.04 Å². The van der Waals surface area contributed by atoms with Crippen molar-refractivity contribution in [3.05, 3.63) is 23.2 Å². The molecule has 0 aromatic heterocycles. The molecule has 2 rings (SSSR count). The van der Waals surface area contributed by atoms with Crippen LogP contribution in [0.15, 0.2) is 18.2 Å². The standard InChI is InChI=1S/C15H23ClN2O/c1-15(2)10-12(7-8-19-15)17-11-5-6-14(18(3)4)13(16)9-11/h5-6,9,12,17H,7-8,10H2,1-4H3. The lowest BCUT2D eigenvalue weighted by Crippen LogP contribution is -2.40. The van der Waals surface area contributed by atoms with Crippen molar-refractivity contribution in [2.45, 2.75) is 38.3 Å². The summed E-state index contributed by atoms with van der Waals surface area (Å²) < 4.78 is 5.73. The minimum atomic E-state index is -0.0384. The molecule has 1 N–H and O–H groups in total. The van der Waals surface area contributed by atoms with Gasteiger partial charge in [-0.05, 0) is 44.9 Å². The molecule has 0 aliphatic carbocycles. The summed E-state index contributed by atoms with van der Waals surface area (Å²) in [6, 6.07) is 6.59. The average Bonchev–Trinajstić information content (AvgIpc) is 2.27. The van der Waals surface area contributed by atoms with Crippen molar-refractivity contribution in [3.8, 4) is 0 Å². The maximum Gasteiger partial charge on any atom is 0.0659 e. The lowest BCUT2D eigenvalue weighted by Gasteiger charge is -2.36. The van der Waals surface area contributed by atoms with E-state index in [9.17, 15) is 0 Å². The first-order valence-electron chi connectivity index (χ1n) is 6.75. The van der Waals surface area contributed by atoms with Gasteiger partial charge < -0.3 is 15.0 Å². The summed E-state index contributed by atoms with van der Waals surface area (Å²) >= 11 is 6.29. The fourth-order valence-corrected chi connectivity index (χ4v) is 2.90. The molecule has 1 atom stereocenters. The summed E-state index contributed by atoms with van der Waals surface area (Å²) in [6.07, 6.45) is 2.05. The number of rotatable bonds is 3. The first kappa shape index (κ1) is 14.5. The van der Waals surface area contributed by atoms with Gasteiger partial charge in [0.1, 0.15) is 0 Å². The minimum absolute atomic E-state index is 0.0384. The highest BCUT2D eigenvalue weighted by Gasteiger charge is 2.28. The maximum absolute atomic E-state index is 6.29. The highest BCUT2D eigenvalue weighted by atomic mass is 35.5. The fraction of sp³-hybridized carbons (Fsp3) is 0.600. The summed E-state index contributed by atoms with van der Waals surface area (Å²) in [7, 11) is 3.99. The van der Waals surface area contributed by atoms with Gasteiger partial charge in [0.15, 0.2) is 0 Å². The Kier molecular flexibility index (Phi) is 4.26. The van der Waals surface area contributed by atoms with Crippen molar-refractivity contribution in [2.75, 3.05) is 30.9 Å². The van der Waals surface area contributed by atoms with Crippen LogP contribution in [0.3, 0.4) is 0 Å². The van der Waals surface area contributed by atoms with E-state index in [1.807, 2.05) is 25.1 Å². The molecule has 0 bridgehead atoms. The van der Waals surface area contributed by atoms with Crippen molar-refractivity contribution < 1.29 is 4.74 Å². The molecule has 106 valence electrons. The number of ether oxygens (including phenoxy) is 1. The lowest BCUT2D eigenvalue weighted by atomic mass is 9.94. The van der Waals surface area contributed by atoms with E-state index in [0.717, 1.165) is 35.8 Å². The molecule has 0 saturated carbocycles. The van der Waals surface area contributed by atoms with E-state index in [4.69, 9.17) is 16.3 Å². The van der Waals surface area contributed by atoms with Gasteiger partial charge in [0.05, 0.1) is 16.3 Å². The number of nitrogens with zero attached hydrogens (tertiary/aromatic N) is 1. The van der Waals surface area contributed by atoms with Gasteiger partial charge >= 0.3 is 0 Å². The number of hydrogen-bond acceptors (Lipinski definition) is 3. The Bertz CT molecular complexity index is 446. The SMILES string of the molecule is CN(C)c1ccc(NC2CCOC(C)(C)C2)cc1Cl. The Hall–Kier alpha value is -0.930. The highest BCUT2D eigenvalue weighted by molar-refractivity contribution is 6.33. The first-order valence-corrected chi connectivity index (χ1v) is 7.12. The third-order valence-corrected chi connectivity index (χ3v) is 3.80. The second-order valence-electron chi connectivity index (χ2n) is 6.00. The summed E-state index contributed by atoms with van der Waals surface area (Å²) in [5.41, 5.74) is 2.08. The first-order chi connectivity index (χ1) is 8.87.